The summed E-state index contributed by atoms with van der Waals surface area (Å²) in [6, 6.07) is 32.3. The van der Waals surface area contributed by atoms with Crippen molar-refractivity contribution in [1.29, 1.82) is 0 Å². The van der Waals surface area contributed by atoms with Crippen molar-refractivity contribution in [3.05, 3.63) is 97.6 Å². The van der Waals surface area contributed by atoms with E-state index in [1.807, 2.05) is 0 Å². The molecule has 3 nitrogen and oxygen atoms in total. The molecule has 220 valence electrons. The van der Waals surface area contributed by atoms with Crippen molar-refractivity contribution in [3.8, 4) is 0 Å². The number of halogens is 4. The third-order valence-electron chi connectivity index (χ3n) is 6.17. The smallest absolute Gasteiger partial charge is 0 e. The van der Waals surface area contributed by atoms with Crippen molar-refractivity contribution in [1.82, 2.24) is 9.34 Å². The van der Waals surface area contributed by atoms with E-state index in [0.717, 1.165) is 0 Å². The Morgan fingerprint density at radius 2 is 0.850 bits per heavy atom. The van der Waals surface area contributed by atoms with E-state index in [4.69, 9.17) is 4.65 Å². The Morgan fingerprint density at radius 3 is 1.02 bits per heavy atom. The van der Waals surface area contributed by atoms with Gasteiger partial charge in [-0.15, -0.1) is 0 Å². The minimum absolute atomic E-state index is 0. The molecule has 5 rings (SSSR count). The normalized spacial score (nSPS) is 15.1. The fourth-order valence-corrected chi connectivity index (χ4v) is 7.71. The summed E-state index contributed by atoms with van der Waals surface area (Å²) in [6.07, 6.45) is 7.50. The quantitative estimate of drug-likeness (QED) is 0.100. The molecule has 1 heterocycles. The molecule has 1 aliphatic heterocycles. The third kappa shape index (κ3) is 16.7. The van der Waals surface area contributed by atoms with E-state index < -0.39 is 15.2 Å². The van der Waals surface area contributed by atoms with Gasteiger partial charge in [0.2, 0.25) is 0 Å². The van der Waals surface area contributed by atoms with Gasteiger partial charge >= 0.3 is 18.6 Å². The molecule has 0 N–H and O–H groups in total. The Hall–Kier alpha value is -1.52. The van der Waals surface area contributed by atoms with Gasteiger partial charge in [0, 0.05) is 31.2 Å². The zero-order chi connectivity index (χ0) is 29.1. The van der Waals surface area contributed by atoms with Gasteiger partial charge in [-0.05, 0) is 23.8 Å². The standard InChI is InChI=1S/C18H15P.C5H13N2P.C5H10.CO.BF4.Fe/c1-4-10-16(11-5-1)19(17-12-6-2-7-13-17)18-14-8-3-9-15-18;1-6-4-5-7(2)8(6)3;1-2-4-5-3-1;1-2;2-1(3,4)5;/h1-15H;4-5H2,1-3H3;1-5H2;;;/q;;;;-1;/p+1. The van der Waals surface area contributed by atoms with Gasteiger partial charge in [-0.2, -0.15) is 9.34 Å². The molecule has 0 amide bonds. The number of benzene rings is 3. The first-order chi connectivity index (χ1) is 18.7. The second-order valence-electron chi connectivity index (χ2n) is 9.00. The fraction of sp³-hybridized carbons (Fsp3) is 0.345. The summed E-state index contributed by atoms with van der Waals surface area (Å²) in [7, 11) is -2.28. The van der Waals surface area contributed by atoms with Crippen molar-refractivity contribution in [2.24, 2.45) is 0 Å². The van der Waals surface area contributed by atoms with Crippen molar-refractivity contribution in [2.45, 2.75) is 32.1 Å². The average molecular weight is 636 g/mol. The van der Waals surface area contributed by atoms with Crippen LogP contribution < -0.4 is 15.9 Å². The Labute approximate surface area is 250 Å². The summed E-state index contributed by atoms with van der Waals surface area (Å²) in [5.74, 6) is 0. The molecule has 1 saturated carbocycles. The molecule has 0 atom stereocenters. The molecular weight excluding hydrogens is 597 g/mol. The van der Waals surface area contributed by atoms with Gasteiger partial charge in [0.25, 0.3) is 0 Å². The van der Waals surface area contributed by atoms with Crippen LogP contribution in [0.15, 0.2) is 91.0 Å². The van der Waals surface area contributed by atoms with Gasteiger partial charge in [-0.1, -0.05) is 123 Å². The first-order valence-electron chi connectivity index (χ1n) is 13.0. The van der Waals surface area contributed by atoms with Crippen LogP contribution >= 0.6 is 16.1 Å². The second-order valence-corrected chi connectivity index (χ2v) is 13.8. The molecular formula is C29H39BF4FeN2OP2. The molecule has 40 heavy (non-hydrogen) atoms. The predicted octanol–water partition coefficient (Wildman–Crippen LogP) is 7.19. The van der Waals surface area contributed by atoms with Gasteiger partial charge < -0.3 is 17.3 Å². The van der Waals surface area contributed by atoms with Crippen molar-refractivity contribution in [3.63, 3.8) is 0 Å². The van der Waals surface area contributed by atoms with Gasteiger partial charge in [0.05, 0.1) is 19.8 Å². The van der Waals surface area contributed by atoms with Gasteiger partial charge in [0.1, 0.15) is 8.22 Å². The van der Waals surface area contributed by atoms with Crippen LogP contribution in [0.3, 0.4) is 0 Å². The summed E-state index contributed by atoms with van der Waals surface area (Å²) in [5, 5.41) is 4.19. The van der Waals surface area contributed by atoms with Gasteiger partial charge in [0.15, 0.2) is 0 Å². The van der Waals surface area contributed by atoms with Crippen LogP contribution in [0.1, 0.15) is 32.1 Å². The summed E-state index contributed by atoms with van der Waals surface area (Å²) >= 11 is 0. The van der Waals surface area contributed by atoms with Crippen LogP contribution in [0.2, 0.25) is 0 Å². The molecule has 0 bridgehead atoms. The van der Waals surface area contributed by atoms with E-state index in [1.54, 1.807) is 0 Å². The van der Waals surface area contributed by atoms with E-state index in [9.17, 15) is 17.3 Å². The second kappa shape index (κ2) is 22.1. The Morgan fingerprint density at radius 1 is 0.625 bits per heavy atom. The maximum Gasteiger partial charge on any atom is 0 e. The number of rotatable bonds is 3. The maximum atomic E-state index is 9.75. The van der Waals surface area contributed by atoms with E-state index >= 15 is 0 Å². The van der Waals surface area contributed by atoms with Crippen LogP contribution in [0.5, 0.6) is 0 Å². The van der Waals surface area contributed by atoms with E-state index in [1.165, 1.54) is 61.1 Å². The molecule has 1 saturated heterocycles. The molecule has 1 aliphatic carbocycles. The largest absolute Gasteiger partial charge is 0.0622 e. The van der Waals surface area contributed by atoms with Crippen LogP contribution in [0.4, 0.5) is 17.3 Å². The molecule has 2 aliphatic rings. The van der Waals surface area contributed by atoms with Crippen molar-refractivity contribution < 1.29 is 39.0 Å². The minimum atomic E-state index is -6.00. The topological polar surface area (TPSA) is 26.4 Å². The number of hydrogen-bond acceptors (Lipinski definition) is 2. The zero-order valence-corrected chi connectivity index (χ0v) is 26.3. The van der Waals surface area contributed by atoms with Crippen LogP contribution in [-0.4, -0.2) is 50.4 Å². The monoisotopic (exact) mass is 636 g/mol. The summed E-state index contributed by atoms with van der Waals surface area (Å²) in [4.78, 5) is 0. The van der Waals surface area contributed by atoms with Crippen LogP contribution in [0, 0.1) is 6.65 Å². The predicted molar refractivity (Wildman–Crippen MR) is 162 cm³/mol. The molecule has 0 radical (unpaired) electrons. The molecule has 3 aromatic carbocycles. The average Bonchev–Trinajstić information content (AvgIpc) is 3.62. The molecule has 0 unspecified atom stereocenters. The summed E-state index contributed by atoms with van der Waals surface area (Å²) < 4.78 is 51.4. The SMILES string of the molecule is C1CCCC1.CN1CCN(C)[PH+]1C.F[B-](F)(F)F.[C-]#[O+].[Fe].c1ccc(P(c2ccccc2)c2ccccc2)cc1. The first kappa shape index (κ1) is 38.5. The maximum absolute atomic E-state index is 9.75. The first-order valence-corrected chi connectivity index (χ1v) is 16.2. The van der Waals surface area contributed by atoms with Crippen LogP contribution in [-0.2, 0) is 21.7 Å². The summed E-state index contributed by atoms with van der Waals surface area (Å²) in [5.41, 5.74) is 0. The van der Waals surface area contributed by atoms with E-state index in [0.29, 0.717) is 0 Å². The van der Waals surface area contributed by atoms with Crippen LogP contribution in [0.25, 0.3) is 0 Å². The minimum Gasteiger partial charge on any atom is -0.0622 e. The zero-order valence-electron chi connectivity index (χ0n) is 23.3. The number of nitrogens with zero attached hydrogens (tertiary/aromatic N) is 2. The van der Waals surface area contributed by atoms with Crippen molar-refractivity contribution >= 4 is 39.3 Å². The third-order valence-corrected chi connectivity index (χ3v) is 11.3. The molecule has 0 aromatic heterocycles. The van der Waals surface area contributed by atoms with E-state index in [-0.39, 0.29) is 25.3 Å². The fourth-order valence-electron chi connectivity index (χ4n) is 3.98. The molecule has 11 heteroatoms. The number of likely N-dealkylation sites (N-methyl/N-ethyl adjacent to an activating group) is 2. The Kier molecular flexibility index (Phi) is 21.3. The molecule has 2 fully saturated rings. The summed E-state index contributed by atoms with van der Waals surface area (Å²) in [6.45, 7) is 9.36. The number of hydrogen-bond donors (Lipinski definition) is 0. The Balaban J connectivity index is 0.000000598. The molecule has 3 aromatic rings. The van der Waals surface area contributed by atoms with Gasteiger partial charge in [-0.3, -0.25) is 0 Å². The van der Waals surface area contributed by atoms with Crippen molar-refractivity contribution in [2.75, 3.05) is 33.8 Å². The van der Waals surface area contributed by atoms with Gasteiger partial charge in [-0.25, -0.2) is 0 Å². The van der Waals surface area contributed by atoms with E-state index in [2.05, 4.69) is 128 Å². The molecule has 0 spiro atoms. The Bertz CT molecular complexity index is 916.